The van der Waals surface area contributed by atoms with Crippen LogP contribution < -0.4 is 5.32 Å². The van der Waals surface area contributed by atoms with Gasteiger partial charge in [0, 0.05) is 18.5 Å². The second kappa shape index (κ2) is 9.38. The summed E-state index contributed by atoms with van der Waals surface area (Å²) in [7, 11) is 0. The number of nitrogens with one attached hydrogen (secondary N) is 1. The lowest BCUT2D eigenvalue weighted by atomic mass is 9.69. The molecule has 0 aromatic heterocycles. The van der Waals surface area contributed by atoms with Gasteiger partial charge >= 0.3 is 5.97 Å². The maximum absolute atomic E-state index is 11.0. The number of carbonyl (C=O) groups is 1. The van der Waals surface area contributed by atoms with Gasteiger partial charge in [-0.2, -0.15) is 0 Å². The Hall–Kier alpha value is -1.35. The zero-order valence-corrected chi connectivity index (χ0v) is 16.1. The van der Waals surface area contributed by atoms with E-state index in [0.717, 1.165) is 12.3 Å². The van der Waals surface area contributed by atoms with E-state index in [1.807, 2.05) is 6.07 Å². The van der Waals surface area contributed by atoms with Crippen LogP contribution in [-0.2, 0) is 11.2 Å². The van der Waals surface area contributed by atoms with Gasteiger partial charge in [-0.3, -0.25) is 4.79 Å². The molecule has 1 atom stereocenters. The lowest BCUT2D eigenvalue weighted by molar-refractivity contribution is -0.137. The fourth-order valence-electron chi connectivity index (χ4n) is 4.10. The van der Waals surface area contributed by atoms with Crippen molar-refractivity contribution in [1.82, 2.24) is 5.32 Å². The van der Waals surface area contributed by atoms with Crippen LogP contribution in [0.3, 0.4) is 0 Å². The highest BCUT2D eigenvalue weighted by atomic mass is 16.4. The summed E-state index contributed by atoms with van der Waals surface area (Å²) < 4.78 is 0. The van der Waals surface area contributed by atoms with Crippen LogP contribution in [0.5, 0.6) is 0 Å². The van der Waals surface area contributed by atoms with Gasteiger partial charge in [0.2, 0.25) is 0 Å². The van der Waals surface area contributed by atoms with Gasteiger partial charge in [0.1, 0.15) is 0 Å². The number of carboxylic acid groups (broad SMARTS) is 1. The van der Waals surface area contributed by atoms with E-state index in [-0.39, 0.29) is 12.5 Å². The summed E-state index contributed by atoms with van der Waals surface area (Å²) in [6.07, 6.45) is 8.09. The molecule has 3 heteroatoms. The SMILES string of the molecule is CCC(C)(C)C1CCC(NC(CCC(=O)O)Cc2ccccc2)CC1. The van der Waals surface area contributed by atoms with Gasteiger partial charge in [-0.05, 0) is 55.4 Å². The zero-order valence-electron chi connectivity index (χ0n) is 16.1. The molecule has 1 aromatic carbocycles. The van der Waals surface area contributed by atoms with E-state index in [2.05, 4.69) is 50.4 Å². The minimum Gasteiger partial charge on any atom is -0.481 e. The predicted octanol–water partition coefficient (Wildman–Crippen LogP) is 5.05. The first kappa shape index (κ1) is 20.0. The Kier molecular flexibility index (Phi) is 7.49. The Morgan fingerprint density at radius 1 is 1.20 bits per heavy atom. The molecule has 0 saturated heterocycles. The largest absolute Gasteiger partial charge is 0.481 e. The van der Waals surface area contributed by atoms with Gasteiger partial charge in [0.15, 0.2) is 0 Å². The van der Waals surface area contributed by atoms with E-state index in [1.54, 1.807) is 0 Å². The van der Waals surface area contributed by atoms with Crippen molar-refractivity contribution < 1.29 is 9.90 Å². The summed E-state index contributed by atoms with van der Waals surface area (Å²) in [5.41, 5.74) is 1.73. The molecule has 2 rings (SSSR count). The molecule has 1 aliphatic rings. The second-order valence-corrected chi connectivity index (χ2v) is 8.38. The predicted molar refractivity (Wildman–Crippen MR) is 104 cm³/mol. The smallest absolute Gasteiger partial charge is 0.303 e. The van der Waals surface area contributed by atoms with Crippen LogP contribution >= 0.6 is 0 Å². The van der Waals surface area contributed by atoms with Crippen molar-refractivity contribution in [2.24, 2.45) is 11.3 Å². The Morgan fingerprint density at radius 3 is 2.40 bits per heavy atom. The minimum absolute atomic E-state index is 0.239. The topological polar surface area (TPSA) is 49.3 Å². The fraction of sp³-hybridized carbons (Fsp3) is 0.682. The van der Waals surface area contributed by atoms with Crippen LogP contribution in [0.25, 0.3) is 0 Å². The minimum atomic E-state index is -0.701. The van der Waals surface area contributed by atoms with Crippen molar-refractivity contribution in [2.75, 3.05) is 0 Å². The molecule has 3 nitrogen and oxygen atoms in total. The molecule has 0 radical (unpaired) electrons. The molecule has 0 amide bonds. The molecule has 25 heavy (non-hydrogen) atoms. The molecule has 1 saturated carbocycles. The average Bonchev–Trinajstić information content (AvgIpc) is 2.61. The van der Waals surface area contributed by atoms with Gasteiger partial charge in [-0.1, -0.05) is 57.5 Å². The van der Waals surface area contributed by atoms with E-state index in [9.17, 15) is 4.79 Å². The Morgan fingerprint density at radius 2 is 1.84 bits per heavy atom. The van der Waals surface area contributed by atoms with Crippen molar-refractivity contribution in [3.63, 3.8) is 0 Å². The Bertz CT molecular complexity index is 518. The summed E-state index contributed by atoms with van der Waals surface area (Å²) in [6.45, 7) is 7.10. The lowest BCUT2D eigenvalue weighted by Crippen LogP contribution is -2.43. The van der Waals surface area contributed by atoms with Gasteiger partial charge in [-0.25, -0.2) is 0 Å². The fourth-order valence-corrected chi connectivity index (χ4v) is 4.10. The number of hydrogen-bond acceptors (Lipinski definition) is 2. The molecule has 0 aliphatic heterocycles. The highest BCUT2D eigenvalue weighted by molar-refractivity contribution is 5.66. The molecular weight excluding hydrogens is 310 g/mol. The number of benzene rings is 1. The van der Waals surface area contributed by atoms with Crippen molar-refractivity contribution in [3.8, 4) is 0 Å². The monoisotopic (exact) mass is 345 g/mol. The molecular formula is C22H35NO2. The average molecular weight is 346 g/mol. The maximum atomic E-state index is 11.0. The van der Waals surface area contributed by atoms with Crippen molar-refractivity contribution in [3.05, 3.63) is 35.9 Å². The summed E-state index contributed by atoms with van der Waals surface area (Å²) >= 11 is 0. The highest BCUT2D eigenvalue weighted by Crippen LogP contribution is 2.40. The molecule has 0 heterocycles. The molecule has 0 bridgehead atoms. The van der Waals surface area contributed by atoms with Crippen LogP contribution in [0.1, 0.15) is 71.3 Å². The second-order valence-electron chi connectivity index (χ2n) is 8.38. The number of rotatable bonds is 9. The summed E-state index contributed by atoms with van der Waals surface area (Å²) in [6, 6.07) is 11.2. The molecule has 1 fully saturated rings. The lowest BCUT2D eigenvalue weighted by Gasteiger charge is -2.40. The van der Waals surface area contributed by atoms with E-state index >= 15 is 0 Å². The molecule has 2 N–H and O–H groups in total. The molecule has 1 aliphatic carbocycles. The van der Waals surface area contributed by atoms with E-state index in [1.165, 1.54) is 37.7 Å². The first-order chi connectivity index (χ1) is 11.9. The summed E-state index contributed by atoms with van der Waals surface area (Å²) in [5.74, 6) is 0.121. The quantitative estimate of drug-likeness (QED) is 0.658. The van der Waals surface area contributed by atoms with E-state index in [0.29, 0.717) is 17.9 Å². The Labute approximate surface area is 153 Å². The van der Waals surface area contributed by atoms with Crippen LogP contribution in [0.2, 0.25) is 0 Å². The zero-order chi connectivity index (χ0) is 18.3. The third-order valence-electron chi connectivity index (χ3n) is 6.25. The van der Waals surface area contributed by atoms with Crippen LogP contribution in [0.15, 0.2) is 30.3 Å². The van der Waals surface area contributed by atoms with E-state index in [4.69, 9.17) is 5.11 Å². The molecule has 1 aromatic rings. The van der Waals surface area contributed by atoms with E-state index < -0.39 is 5.97 Å². The number of carboxylic acids is 1. The first-order valence-corrected chi connectivity index (χ1v) is 9.92. The number of hydrogen-bond donors (Lipinski definition) is 2. The third-order valence-corrected chi connectivity index (χ3v) is 6.25. The first-order valence-electron chi connectivity index (χ1n) is 9.92. The molecule has 140 valence electrons. The van der Waals surface area contributed by atoms with Crippen LogP contribution in [-0.4, -0.2) is 23.2 Å². The van der Waals surface area contributed by atoms with Crippen LogP contribution in [0, 0.1) is 11.3 Å². The van der Waals surface area contributed by atoms with Gasteiger partial charge < -0.3 is 10.4 Å². The van der Waals surface area contributed by atoms with Gasteiger partial charge in [-0.15, -0.1) is 0 Å². The highest BCUT2D eigenvalue weighted by Gasteiger charge is 2.32. The summed E-state index contributed by atoms with van der Waals surface area (Å²) in [4.78, 5) is 11.0. The standard InChI is InChI=1S/C22H35NO2/c1-4-22(2,3)18-10-12-19(13-11-18)23-20(14-15-21(24)25)16-17-8-6-5-7-9-17/h5-9,18-20,23H,4,10-16H2,1-3H3,(H,24,25). The van der Waals surface area contributed by atoms with Gasteiger partial charge in [0.05, 0.1) is 0 Å². The molecule has 1 unspecified atom stereocenters. The number of aliphatic carboxylic acids is 1. The van der Waals surface area contributed by atoms with Crippen molar-refractivity contribution in [2.45, 2.75) is 84.2 Å². The third kappa shape index (κ3) is 6.47. The maximum Gasteiger partial charge on any atom is 0.303 e. The normalized spacial score (nSPS) is 22.5. The molecule has 0 spiro atoms. The Balaban J connectivity index is 1.89. The summed E-state index contributed by atoms with van der Waals surface area (Å²) in [5, 5.41) is 12.8. The van der Waals surface area contributed by atoms with Crippen molar-refractivity contribution >= 4 is 5.97 Å². The van der Waals surface area contributed by atoms with Crippen molar-refractivity contribution in [1.29, 1.82) is 0 Å². The van der Waals surface area contributed by atoms with Gasteiger partial charge in [0.25, 0.3) is 0 Å². The van der Waals surface area contributed by atoms with Crippen LogP contribution in [0.4, 0.5) is 0 Å².